The normalized spacial score (nSPS) is 9.67. The highest BCUT2D eigenvalue weighted by Gasteiger charge is 1.98. The fourth-order valence-corrected chi connectivity index (χ4v) is 1.29. The summed E-state index contributed by atoms with van der Waals surface area (Å²) < 4.78 is 0. The highest BCUT2D eigenvalue weighted by atomic mass is 16.2. The van der Waals surface area contributed by atoms with Crippen molar-refractivity contribution in [1.82, 2.24) is 9.97 Å². The molecule has 0 radical (unpaired) electrons. The monoisotopic (exact) mass is 200 g/mol. The summed E-state index contributed by atoms with van der Waals surface area (Å²) in [6.45, 7) is -0.193. The molecule has 0 spiro atoms. The first-order chi connectivity index (χ1) is 7.31. The Labute approximate surface area is 85.6 Å². The molecular weight excluding hydrogens is 192 g/mol. The smallest absolute Gasteiger partial charge is 0.258 e. The summed E-state index contributed by atoms with van der Waals surface area (Å²) in [5.74, 6) is 5.25. The van der Waals surface area contributed by atoms with Gasteiger partial charge >= 0.3 is 0 Å². The van der Waals surface area contributed by atoms with Gasteiger partial charge in [0.15, 0.2) is 0 Å². The van der Waals surface area contributed by atoms with Gasteiger partial charge in [-0.05, 0) is 18.2 Å². The second-order valence-electron chi connectivity index (χ2n) is 2.92. The molecule has 0 aliphatic rings. The molecular formula is C11H8N2O2. The Morgan fingerprint density at radius 3 is 3.13 bits per heavy atom. The highest BCUT2D eigenvalue weighted by Crippen LogP contribution is 2.07. The van der Waals surface area contributed by atoms with Crippen molar-refractivity contribution in [1.29, 1.82) is 0 Å². The second-order valence-corrected chi connectivity index (χ2v) is 2.92. The molecule has 2 aromatic rings. The third-order valence-corrected chi connectivity index (χ3v) is 1.95. The van der Waals surface area contributed by atoms with Crippen LogP contribution in [0.4, 0.5) is 0 Å². The van der Waals surface area contributed by atoms with Gasteiger partial charge in [0.05, 0.1) is 17.2 Å². The summed E-state index contributed by atoms with van der Waals surface area (Å²) in [5.41, 5.74) is 1.14. The van der Waals surface area contributed by atoms with Crippen LogP contribution in [-0.4, -0.2) is 21.7 Å². The van der Waals surface area contributed by atoms with Crippen LogP contribution in [0.5, 0.6) is 0 Å². The molecule has 4 heteroatoms. The molecule has 0 aliphatic heterocycles. The van der Waals surface area contributed by atoms with Gasteiger partial charge in [0.1, 0.15) is 6.61 Å². The molecule has 1 heterocycles. The first kappa shape index (κ1) is 9.44. The van der Waals surface area contributed by atoms with Crippen molar-refractivity contribution in [2.45, 2.75) is 0 Å². The molecule has 0 atom stereocenters. The van der Waals surface area contributed by atoms with E-state index in [9.17, 15) is 4.79 Å². The number of aromatic amines is 1. The number of aliphatic hydroxyl groups excluding tert-OH is 1. The lowest BCUT2D eigenvalue weighted by Gasteiger charge is -1.95. The van der Waals surface area contributed by atoms with Crippen LogP contribution in [0.15, 0.2) is 29.3 Å². The van der Waals surface area contributed by atoms with Crippen molar-refractivity contribution in [3.8, 4) is 11.8 Å². The summed E-state index contributed by atoms with van der Waals surface area (Å²) in [6, 6.07) is 5.15. The number of nitrogens with zero attached hydrogens (tertiary/aromatic N) is 1. The average molecular weight is 200 g/mol. The van der Waals surface area contributed by atoms with Gasteiger partial charge in [-0.15, -0.1) is 0 Å². The molecule has 2 N–H and O–H groups in total. The third kappa shape index (κ3) is 1.87. The van der Waals surface area contributed by atoms with E-state index in [0.717, 1.165) is 0 Å². The number of aliphatic hydroxyl groups is 1. The van der Waals surface area contributed by atoms with Crippen molar-refractivity contribution >= 4 is 10.9 Å². The summed E-state index contributed by atoms with van der Waals surface area (Å²) in [4.78, 5) is 17.9. The Hall–Kier alpha value is -2.12. The number of nitrogens with one attached hydrogen (secondary N) is 1. The van der Waals surface area contributed by atoms with Crippen molar-refractivity contribution in [2.24, 2.45) is 0 Å². The Morgan fingerprint density at radius 2 is 2.33 bits per heavy atom. The van der Waals surface area contributed by atoms with Gasteiger partial charge in [-0.2, -0.15) is 0 Å². The van der Waals surface area contributed by atoms with E-state index in [1.54, 1.807) is 18.2 Å². The largest absolute Gasteiger partial charge is 0.384 e. The number of rotatable bonds is 0. The fraction of sp³-hybridized carbons (Fsp3) is 0.0909. The maximum atomic E-state index is 11.4. The Morgan fingerprint density at radius 1 is 1.47 bits per heavy atom. The Kier molecular flexibility index (Phi) is 2.48. The minimum atomic E-state index is -0.193. The van der Waals surface area contributed by atoms with Gasteiger partial charge in [0.25, 0.3) is 5.56 Å². The minimum Gasteiger partial charge on any atom is -0.384 e. The van der Waals surface area contributed by atoms with Crippen LogP contribution in [0.3, 0.4) is 0 Å². The molecule has 1 aromatic heterocycles. The zero-order valence-corrected chi connectivity index (χ0v) is 7.82. The van der Waals surface area contributed by atoms with E-state index >= 15 is 0 Å². The molecule has 2 rings (SSSR count). The lowest BCUT2D eigenvalue weighted by atomic mass is 10.1. The highest BCUT2D eigenvalue weighted by molar-refractivity contribution is 5.78. The summed E-state index contributed by atoms with van der Waals surface area (Å²) >= 11 is 0. The van der Waals surface area contributed by atoms with Crippen molar-refractivity contribution < 1.29 is 5.11 Å². The first-order valence-electron chi connectivity index (χ1n) is 4.38. The molecule has 15 heavy (non-hydrogen) atoms. The molecule has 0 amide bonds. The lowest BCUT2D eigenvalue weighted by molar-refractivity contribution is 0.350. The first-order valence-corrected chi connectivity index (χ1v) is 4.38. The van der Waals surface area contributed by atoms with Gasteiger partial charge in [-0.1, -0.05) is 11.8 Å². The van der Waals surface area contributed by atoms with Crippen molar-refractivity contribution in [3.05, 3.63) is 40.4 Å². The zero-order valence-electron chi connectivity index (χ0n) is 7.82. The van der Waals surface area contributed by atoms with Crippen LogP contribution in [0.25, 0.3) is 10.9 Å². The molecule has 0 aliphatic carbocycles. The number of hydrogen-bond acceptors (Lipinski definition) is 3. The maximum absolute atomic E-state index is 11.4. The van der Waals surface area contributed by atoms with Gasteiger partial charge in [0.2, 0.25) is 0 Å². The Balaban J connectivity index is 2.65. The molecule has 0 bridgehead atoms. The predicted octanol–water partition coefficient (Wildman–Crippen LogP) is 0.267. The predicted molar refractivity (Wildman–Crippen MR) is 56.3 cm³/mol. The Bertz CT molecular complexity index is 605. The number of aromatic nitrogens is 2. The quantitative estimate of drug-likeness (QED) is 0.600. The summed E-state index contributed by atoms with van der Waals surface area (Å²) in [7, 11) is 0. The van der Waals surface area contributed by atoms with Crippen LogP contribution >= 0.6 is 0 Å². The molecule has 0 saturated heterocycles. The lowest BCUT2D eigenvalue weighted by Crippen LogP contribution is -2.06. The van der Waals surface area contributed by atoms with E-state index in [0.29, 0.717) is 16.5 Å². The van der Waals surface area contributed by atoms with Gasteiger partial charge in [-0.3, -0.25) is 4.79 Å². The van der Waals surface area contributed by atoms with E-state index in [2.05, 4.69) is 21.8 Å². The third-order valence-electron chi connectivity index (χ3n) is 1.95. The number of H-pyrrole nitrogens is 1. The van der Waals surface area contributed by atoms with E-state index in [1.807, 2.05) is 0 Å². The maximum Gasteiger partial charge on any atom is 0.258 e. The second kappa shape index (κ2) is 3.95. The van der Waals surface area contributed by atoms with E-state index in [-0.39, 0.29) is 12.2 Å². The van der Waals surface area contributed by atoms with E-state index < -0.39 is 0 Å². The fourth-order valence-electron chi connectivity index (χ4n) is 1.29. The topological polar surface area (TPSA) is 66.0 Å². The molecule has 1 aromatic carbocycles. The van der Waals surface area contributed by atoms with Crippen LogP contribution in [0.2, 0.25) is 0 Å². The zero-order chi connectivity index (χ0) is 10.7. The van der Waals surface area contributed by atoms with Gasteiger partial charge in [-0.25, -0.2) is 4.98 Å². The summed E-state index contributed by atoms with van der Waals surface area (Å²) in [6.07, 6.45) is 1.36. The molecule has 0 fully saturated rings. The number of hydrogen-bond donors (Lipinski definition) is 2. The number of benzene rings is 1. The van der Waals surface area contributed by atoms with Crippen LogP contribution < -0.4 is 5.56 Å². The van der Waals surface area contributed by atoms with Crippen LogP contribution in [0, 0.1) is 11.8 Å². The molecule has 74 valence electrons. The molecule has 0 unspecified atom stereocenters. The molecule has 4 nitrogen and oxygen atoms in total. The van der Waals surface area contributed by atoms with Crippen molar-refractivity contribution in [2.75, 3.05) is 6.61 Å². The minimum absolute atomic E-state index is 0.187. The van der Waals surface area contributed by atoms with E-state index in [4.69, 9.17) is 5.11 Å². The summed E-state index contributed by atoms with van der Waals surface area (Å²) in [5, 5.41) is 9.04. The standard InChI is InChI=1S/C11H8N2O2/c14-5-1-2-8-3-4-10-9(6-8)11(15)13-7-12-10/h3-4,6-7,14H,5H2,(H,12,13,15). The SMILES string of the molecule is O=c1[nH]cnc2ccc(C#CCO)cc12. The molecule has 0 saturated carbocycles. The van der Waals surface area contributed by atoms with Crippen LogP contribution in [-0.2, 0) is 0 Å². The number of fused-ring (bicyclic) bond motifs is 1. The van der Waals surface area contributed by atoms with E-state index in [1.165, 1.54) is 6.33 Å². The average Bonchev–Trinajstić information content (AvgIpc) is 2.27. The van der Waals surface area contributed by atoms with Crippen molar-refractivity contribution in [3.63, 3.8) is 0 Å². The van der Waals surface area contributed by atoms with Gasteiger partial charge in [0, 0.05) is 5.56 Å². The van der Waals surface area contributed by atoms with Gasteiger partial charge < -0.3 is 10.1 Å². The van der Waals surface area contributed by atoms with Crippen LogP contribution in [0.1, 0.15) is 5.56 Å².